The zero-order chi connectivity index (χ0) is 30.3. The van der Waals surface area contributed by atoms with Crippen molar-refractivity contribution >= 4 is 11.8 Å². The molecule has 0 radical (unpaired) electrons. The molecule has 3 N–H and O–H groups in total. The lowest BCUT2D eigenvalue weighted by Gasteiger charge is -2.36. The molecule has 5 rings (SSSR count). The number of nitrogens with one attached hydrogen (secondary N) is 1. The number of hydrogen-bond acceptors (Lipinski definition) is 6. The fraction of sp³-hybridized carbons (Fsp3) is 0.419. The molecule has 42 heavy (non-hydrogen) atoms. The predicted molar refractivity (Wildman–Crippen MR) is 152 cm³/mol. The van der Waals surface area contributed by atoms with E-state index in [1.54, 1.807) is 30.5 Å². The highest BCUT2D eigenvalue weighted by molar-refractivity contribution is 5.92. The summed E-state index contributed by atoms with van der Waals surface area (Å²) in [6.45, 7) is 6.59. The molecule has 8 nitrogen and oxygen atoms in total. The quantitative estimate of drug-likeness (QED) is 0.408. The van der Waals surface area contributed by atoms with Crippen molar-refractivity contribution in [3.63, 3.8) is 0 Å². The van der Waals surface area contributed by atoms with Crippen LogP contribution in [-0.4, -0.2) is 53.0 Å². The second kappa shape index (κ2) is 13.9. The molecule has 2 amide bonds. The lowest BCUT2D eigenvalue weighted by Crippen LogP contribution is -2.47. The van der Waals surface area contributed by atoms with Crippen molar-refractivity contribution in [3.05, 3.63) is 82.9 Å². The fourth-order valence-corrected chi connectivity index (χ4v) is 4.99. The summed E-state index contributed by atoms with van der Waals surface area (Å²) >= 11 is 0. The van der Waals surface area contributed by atoms with E-state index in [0.29, 0.717) is 43.0 Å². The van der Waals surface area contributed by atoms with Crippen LogP contribution in [0.25, 0.3) is 11.1 Å². The molecular formula is C31H36F3N5O3. The Morgan fingerprint density at radius 1 is 1.05 bits per heavy atom. The fourth-order valence-electron chi connectivity index (χ4n) is 4.99. The zero-order valence-electron chi connectivity index (χ0n) is 23.8. The van der Waals surface area contributed by atoms with E-state index in [-0.39, 0.29) is 42.4 Å². The zero-order valence-corrected chi connectivity index (χ0v) is 23.8. The minimum Gasteiger partial charge on any atom is -0.380 e. The van der Waals surface area contributed by atoms with Gasteiger partial charge in [-0.2, -0.15) is 13.2 Å². The van der Waals surface area contributed by atoms with Gasteiger partial charge in [0.1, 0.15) is 5.69 Å². The van der Waals surface area contributed by atoms with Gasteiger partial charge < -0.3 is 20.7 Å². The topological polar surface area (TPSA) is 110 Å². The maximum Gasteiger partial charge on any atom is 0.416 e. The first-order valence-electron chi connectivity index (χ1n) is 14.2. The largest absolute Gasteiger partial charge is 0.416 e. The van der Waals surface area contributed by atoms with Crippen LogP contribution >= 0.6 is 0 Å². The standard InChI is InChI=1S/C29H30F3N5O3.C2H6/c30-29(31,32)23-6-5-21(12-33)24(11-23)19-3-1-18(2-4-19)13-35-27(38)26-15-34-14-25(36-26)20-7-9-37(10-8-20)28(39)22-16-40-17-22;1-2/h1-6,11,14-15,20,22H,7-10,12-13,16-17,33H2,(H,35,38);1-2H3. The molecule has 0 unspecified atom stereocenters. The predicted octanol–water partition coefficient (Wildman–Crippen LogP) is 4.93. The lowest BCUT2D eigenvalue weighted by molar-refractivity contribution is -0.151. The maximum absolute atomic E-state index is 13.2. The molecule has 1 aromatic heterocycles. The van der Waals surface area contributed by atoms with Crippen LogP contribution in [0.2, 0.25) is 0 Å². The second-order valence-electron chi connectivity index (χ2n) is 10.1. The highest BCUT2D eigenvalue weighted by atomic mass is 19.4. The summed E-state index contributed by atoms with van der Waals surface area (Å²) in [6, 6.07) is 10.5. The molecule has 0 saturated carbocycles. The number of hydrogen-bond donors (Lipinski definition) is 2. The van der Waals surface area contributed by atoms with Gasteiger partial charge in [0.25, 0.3) is 5.91 Å². The maximum atomic E-state index is 13.2. The Morgan fingerprint density at radius 3 is 2.33 bits per heavy atom. The number of ether oxygens (including phenoxy) is 1. The summed E-state index contributed by atoms with van der Waals surface area (Å²) in [5, 5.41) is 2.83. The molecule has 3 aromatic rings. The Hall–Kier alpha value is -3.83. The van der Waals surface area contributed by atoms with Crippen molar-refractivity contribution in [1.29, 1.82) is 0 Å². The number of carbonyl (C=O) groups excluding carboxylic acids is 2. The Balaban J connectivity index is 0.00000198. The number of likely N-dealkylation sites (tertiary alicyclic amines) is 1. The molecule has 0 atom stereocenters. The van der Waals surface area contributed by atoms with Gasteiger partial charge in [-0.3, -0.25) is 14.6 Å². The van der Waals surface area contributed by atoms with E-state index in [2.05, 4.69) is 15.3 Å². The van der Waals surface area contributed by atoms with Crippen LogP contribution < -0.4 is 11.1 Å². The van der Waals surface area contributed by atoms with Crippen molar-refractivity contribution in [3.8, 4) is 11.1 Å². The van der Waals surface area contributed by atoms with E-state index in [0.717, 1.165) is 36.2 Å². The number of nitrogens with zero attached hydrogens (tertiary/aromatic N) is 3. The number of rotatable bonds is 7. The van der Waals surface area contributed by atoms with E-state index < -0.39 is 11.7 Å². The molecule has 2 saturated heterocycles. The molecule has 2 aliphatic heterocycles. The van der Waals surface area contributed by atoms with E-state index in [1.807, 2.05) is 18.7 Å². The molecule has 2 fully saturated rings. The molecule has 0 spiro atoms. The molecule has 11 heteroatoms. The van der Waals surface area contributed by atoms with Gasteiger partial charge in [-0.25, -0.2) is 4.98 Å². The van der Waals surface area contributed by atoms with Gasteiger partial charge in [0, 0.05) is 38.3 Å². The van der Waals surface area contributed by atoms with Gasteiger partial charge in [0.05, 0.1) is 36.6 Å². The van der Waals surface area contributed by atoms with Crippen molar-refractivity contribution in [2.75, 3.05) is 26.3 Å². The highest BCUT2D eigenvalue weighted by Gasteiger charge is 2.33. The summed E-state index contributed by atoms with van der Waals surface area (Å²) in [4.78, 5) is 35.9. The van der Waals surface area contributed by atoms with Crippen molar-refractivity contribution < 1.29 is 27.5 Å². The Morgan fingerprint density at radius 2 is 1.74 bits per heavy atom. The number of nitrogens with two attached hydrogens (primary N) is 1. The first-order valence-corrected chi connectivity index (χ1v) is 14.2. The molecule has 224 valence electrons. The van der Waals surface area contributed by atoms with Crippen LogP contribution in [0.4, 0.5) is 13.2 Å². The molecule has 0 aliphatic carbocycles. The van der Waals surface area contributed by atoms with Crippen LogP contribution in [0.5, 0.6) is 0 Å². The summed E-state index contributed by atoms with van der Waals surface area (Å²) < 4.78 is 44.8. The third kappa shape index (κ3) is 7.32. The third-order valence-corrected chi connectivity index (χ3v) is 7.47. The van der Waals surface area contributed by atoms with Gasteiger partial charge >= 0.3 is 6.18 Å². The Bertz CT molecular complexity index is 1370. The number of carbonyl (C=O) groups is 2. The number of benzene rings is 2. The minimum atomic E-state index is -4.45. The molecule has 2 aromatic carbocycles. The molecule has 2 aliphatic rings. The van der Waals surface area contributed by atoms with E-state index >= 15 is 0 Å². The van der Waals surface area contributed by atoms with Crippen LogP contribution in [-0.2, 0) is 28.8 Å². The highest BCUT2D eigenvalue weighted by Crippen LogP contribution is 2.34. The number of aromatic nitrogens is 2. The van der Waals surface area contributed by atoms with Crippen LogP contribution in [0.15, 0.2) is 54.9 Å². The van der Waals surface area contributed by atoms with Gasteiger partial charge in [0.2, 0.25) is 5.91 Å². The molecule has 3 heterocycles. The van der Waals surface area contributed by atoms with Gasteiger partial charge in [-0.05, 0) is 47.2 Å². The smallest absolute Gasteiger partial charge is 0.380 e. The average molecular weight is 584 g/mol. The number of piperidine rings is 1. The van der Waals surface area contributed by atoms with E-state index in [4.69, 9.17) is 10.5 Å². The summed E-state index contributed by atoms with van der Waals surface area (Å²) in [5.74, 6) is -0.141. The SMILES string of the molecule is CC.NCc1ccc(C(F)(F)F)cc1-c1ccc(CNC(=O)c2cncc(C3CCN(C(=O)C4COC4)CC3)n2)cc1. The van der Waals surface area contributed by atoms with Crippen LogP contribution in [0.3, 0.4) is 0 Å². The number of amides is 2. The first kappa shape index (κ1) is 31.1. The van der Waals surface area contributed by atoms with Crippen LogP contribution in [0, 0.1) is 5.92 Å². The summed E-state index contributed by atoms with van der Waals surface area (Å²) in [5.41, 5.74) is 8.36. The third-order valence-electron chi connectivity index (χ3n) is 7.47. The van der Waals surface area contributed by atoms with Crippen molar-refractivity contribution in [2.45, 2.75) is 51.9 Å². The van der Waals surface area contributed by atoms with Crippen molar-refractivity contribution in [2.24, 2.45) is 11.7 Å². The Kier molecular flexibility index (Phi) is 10.3. The minimum absolute atomic E-state index is 0.0245. The molecule has 0 bridgehead atoms. The number of alkyl halides is 3. The monoisotopic (exact) mass is 583 g/mol. The summed E-state index contributed by atoms with van der Waals surface area (Å²) in [7, 11) is 0. The van der Waals surface area contributed by atoms with Gasteiger partial charge in [-0.15, -0.1) is 0 Å². The first-order chi connectivity index (χ1) is 20.2. The van der Waals surface area contributed by atoms with Gasteiger partial charge in [0.15, 0.2) is 0 Å². The summed E-state index contributed by atoms with van der Waals surface area (Å²) in [6.07, 6.45) is 0.139. The number of halogens is 3. The lowest BCUT2D eigenvalue weighted by atomic mass is 9.92. The van der Waals surface area contributed by atoms with Gasteiger partial charge in [-0.1, -0.05) is 44.2 Å². The van der Waals surface area contributed by atoms with E-state index in [9.17, 15) is 22.8 Å². The van der Waals surface area contributed by atoms with E-state index in [1.165, 1.54) is 12.3 Å². The van der Waals surface area contributed by atoms with Crippen molar-refractivity contribution in [1.82, 2.24) is 20.2 Å². The molecular weight excluding hydrogens is 547 g/mol. The Labute approximate surface area is 243 Å². The average Bonchev–Trinajstić information content (AvgIpc) is 2.99. The van der Waals surface area contributed by atoms with Crippen LogP contribution in [0.1, 0.15) is 65.5 Å². The second-order valence-corrected chi connectivity index (χ2v) is 10.1. The normalized spacial score (nSPS) is 15.8.